The Morgan fingerprint density at radius 3 is 2.30 bits per heavy atom. The molecule has 20 heavy (non-hydrogen) atoms. The van der Waals surface area contributed by atoms with Crippen LogP contribution in [0.15, 0.2) is 48.5 Å². The molecule has 0 aliphatic heterocycles. The zero-order valence-corrected chi connectivity index (χ0v) is 12.0. The topological polar surface area (TPSA) is 41.5 Å². The first-order chi connectivity index (χ1) is 9.69. The van der Waals surface area contributed by atoms with Gasteiger partial charge in [-0.15, -0.1) is 0 Å². The van der Waals surface area contributed by atoms with Gasteiger partial charge >= 0.3 is 0 Å². The predicted molar refractivity (Wildman–Crippen MR) is 81.0 cm³/mol. The standard InChI is InChI=1S/C17H21NO2/c1-3-18-13(2)15-6-10-17(11-7-15)20-12-14-4-8-16(19)9-5-14/h4-11,13,18-19H,3,12H2,1-2H3. The van der Waals surface area contributed by atoms with Crippen molar-refractivity contribution < 1.29 is 9.84 Å². The molecular weight excluding hydrogens is 250 g/mol. The van der Waals surface area contributed by atoms with E-state index >= 15 is 0 Å². The lowest BCUT2D eigenvalue weighted by atomic mass is 10.1. The van der Waals surface area contributed by atoms with Gasteiger partial charge in [0.25, 0.3) is 0 Å². The van der Waals surface area contributed by atoms with Crippen molar-refractivity contribution in [3.8, 4) is 11.5 Å². The summed E-state index contributed by atoms with van der Waals surface area (Å²) in [5.41, 5.74) is 2.29. The summed E-state index contributed by atoms with van der Waals surface area (Å²) in [6.07, 6.45) is 0. The highest BCUT2D eigenvalue weighted by Gasteiger charge is 2.03. The van der Waals surface area contributed by atoms with Crippen molar-refractivity contribution >= 4 is 0 Å². The number of hydrogen-bond donors (Lipinski definition) is 2. The average molecular weight is 271 g/mol. The maximum absolute atomic E-state index is 9.22. The maximum Gasteiger partial charge on any atom is 0.119 e. The van der Waals surface area contributed by atoms with Gasteiger partial charge in [-0.05, 0) is 48.9 Å². The minimum absolute atomic E-state index is 0.274. The van der Waals surface area contributed by atoms with E-state index in [0.717, 1.165) is 17.9 Å². The largest absolute Gasteiger partial charge is 0.508 e. The molecule has 0 saturated carbocycles. The van der Waals surface area contributed by atoms with Crippen LogP contribution in [0.25, 0.3) is 0 Å². The fraction of sp³-hybridized carbons (Fsp3) is 0.294. The molecule has 2 N–H and O–H groups in total. The third-order valence-electron chi connectivity index (χ3n) is 3.23. The van der Waals surface area contributed by atoms with Gasteiger partial charge < -0.3 is 15.2 Å². The average Bonchev–Trinajstić information content (AvgIpc) is 2.47. The lowest BCUT2D eigenvalue weighted by Crippen LogP contribution is -2.17. The summed E-state index contributed by atoms with van der Waals surface area (Å²) in [4.78, 5) is 0. The lowest BCUT2D eigenvalue weighted by molar-refractivity contribution is 0.306. The number of benzene rings is 2. The highest BCUT2D eigenvalue weighted by molar-refractivity contribution is 5.30. The summed E-state index contributed by atoms with van der Waals surface area (Å²) in [6, 6.07) is 15.5. The zero-order valence-electron chi connectivity index (χ0n) is 12.0. The number of nitrogens with one attached hydrogen (secondary N) is 1. The second-order valence-corrected chi connectivity index (χ2v) is 4.80. The fourth-order valence-corrected chi connectivity index (χ4v) is 2.04. The van der Waals surface area contributed by atoms with Crippen LogP contribution < -0.4 is 10.1 Å². The minimum atomic E-state index is 0.274. The zero-order chi connectivity index (χ0) is 14.4. The quantitative estimate of drug-likeness (QED) is 0.842. The van der Waals surface area contributed by atoms with E-state index in [2.05, 4.69) is 31.3 Å². The Bertz CT molecular complexity index is 520. The smallest absolute Gasteiger partial charge is 0.119 e. The molecule has 0 amide bonds. The van der Waals surface area contributed by atoms with Gasteiger partial charge in [-0.2, -0.15) is 0 Å². The SMILES string of the molecule is CCNC(C)c1ccc(OCc2ccc(O)cc2)cc1. The van der Waals surface area contributed by atoms with Gasteiger partial charge in [-0.3, -0.25) is 0 Å². The number of ether oxygens (including phenoxy) is 1. The van der Waals surface area contributed by atoms with Crippen LogP contribution >= 0.6 is 0 Å². The number of rotatable bonds is 6. The molecule has 106 valence electrons. The molecule has 0 fully saturated rings. The summed E-state index contributed by atoms with van der Waals surface area (Å²) < 4.78 is 5.72. The van der Waals surface area contributed by atoms with Crippen LogP contribution in [-0.4, -0.2) is 11.7 Å². The van der Waals surface area contributed by atoms with Gasteiger partial charge in [0, 0.05) is 6.04 Å². The van der Waals surface area contributed by atoms with E-state index in [0.29, 0.717) is 12.6 Å². The first-order valence-corrected chi connectivity index (χ1v) is 6.93. The van der Waals surface area contributed by atoms with Crippen LogP contribution in [0.5, 0.6) is 11.5 Å². The molecule has 1 unspecified atom stereocenters. The van der Waals surface area contributed by atoms with E-state index in [9.17, 15) is 5.11 Å². The molecular formula is C17H21NO2. The van der Waals surface area contributed by atoms with Gasteiger partial charge in [0.05, 0.1) is 0 Å². The first-order valence-electron chi connectivity index (χ1n) is 6.93. The Labute approximate surface area is 120 Å². The van der Waals surface area contributed by atoms with Crippen molar-refractivity contribution in [2.75, 3.05) is 6.54 Å². The molecule has 2 rings (SSSR count). The molecule has 0 heterocycles. The summed E-state index contributed by atoms with van der Waals surface area (Å²) in [7, 11) is 0. The van der Waals surface area contributed by atoms with Crippen LogP contribution in [0.2, 0.25) is 0 Å². The highest BCUT2D eigenvalue weighted by Crippen LogP contribution is 2.19. The number of aromatic hydroxyl groups is 1. The fourth-order valence-electron chi connectivity index (χ4n) is 2.04. The van der Waals surface area contributed by atoms with Gasteiger partial charge in [-0.25, -0.2) is 0 Å². The van der Waals surface area contributed by atoms with Crippen LogP contribution in [0.1, 0.15) is 31.0 Å². The van der Waals surface area contributed by atoms with E-state index in [4.69, 9.17) is 4.74 Å². The molecule has 2 aromatic rings. The van der Waals surface area contributed by atoms with Gasteiger partial charge in [-0.1, -0.05) is 31.2 Å². The molecule has 0 aliphatic carbocycles. The van der Waals surface area contributed by atoms with E-state index in [1.165, 1.54) is 5.56 Å². The molecule has 0 bridgehead atoms. The van der Waals surface area contributed by atoms with E-state index in [-0.39, 0.29) is 5.75 Å². The Morgan fingerprint density at radius 1 is 1.05 bits per heavy atom. The summed E-state index contributed by atoms with van der Waals surface area (Å²) in [6.45, 7) is 5.71. The first kappa shape index (κ1) is 14.4. The van der Waals surface area contributed by atoms with E-state index in [1.807, 2.05) is 24.3 Å². The Balaban J connectivity index is 1.92. The predicted octanol–water partition coefficient (Wildman–Crippen LogP) is 3.64. The van der Waals surface area contributed by atoms with Crippen molar-refractivity contribution in [2.24, 2.45) is 0 Å². The maximum atomic E-state index is 9.22. The highest BCUT2D eigenvalue weighted by atomic mass is 16.5. The van der Waals surface area contributed by atoms with Gasteiger partial charge in [0.2, 0.25) is 0 Å². The molecule has 1 atom stereocenters. The van der Waals surface area contributed by atoms with Crippen LogP contribution in [0.3, 0.4) is 0 Å². The summed E-state index contributed by atoms with van der Waals surface area (Å²) in [5.74, 6) is 1.13. The molecule has 0 radical (unpaired) electrons. The van der Waals surface area contributed by atoms with Crippen molar-refractivity contribution in [3.05, 3.63) is 59.7 Å². The monoisotopic (exact) mass is 271 g/mol. The normalized spacial score (nSPS) is 12.1. The molecule has 0 spiro atoms. The van der Waals surface area contributed by atoms with Crippen LogP contribution in [0, 0.1) is 0 Å². The Morgan fingerprint density at radius 2 is 1.70 bits per heavy atom. The van der Waals surface area contributed by atoms with Gasteiger partial charge in [0.15, 0.2) is 0 Å². The number of hydrogen-bond acceptors (Lipinski definition) is 3. The summed E-state index contributed by atoms with van der Waals surface area (Å²) >= 11 is 0. The molecule has 3 heteroatoms. The number of phenols is 1. The van der Waals surface area contributed by atoms with Crippen LogP contribution in [0.4, 0.5) is 0 Å². The van der Waals surface area contributed by atoms with Crippen molar-refractivity contribution in [2.45, 2.75) is 26.5 Å². The molecule has 0 saturated heterocycles. The van der Waals surface area contributed by atoms with Crippen molar-refractivity contribution in [3.63, 3.8) is 0 Å². The molecule has 3 nitrogen and oxygen atoms in total. The second kappa shape index (κ2) is 6.96. The third kappa shape index (κ3) is 4.00. The van der Waals surface area contributed by atoms with Crippen LogP contribution in [-0.2, 0) is 6.61 Å². The van der Waals surface area contributed by atoms with E-state index < -0.39 is 0 Å². The van der Waals surface area contributed by atoms with E-state index in [1.54, 1.807) is 12.1 Å². The molecule has 0 aliphatic rings. The summed E-state index contributed by atoms with van der Waals surface area (Å²) in [5, 5.41) is 12.6. The second-order valence-electron chi connectivity index (χ2n) is 4.80. The van der Waals surface area contributed by atoms with Crippen molar-refractivity contribution in [1.29, 1.82) is 0 Å². The molecule has 0 aromatic heterocycles. The van der Waals surface area contributed by atoms with Crippen molar-refractivity contribution in [1.82, 2.24) is 5.32 Å². The minimum Gasteiger partial charge on any atom is -0.508 e. The third-order valence-corrected chi connectivity index (χ3v) is 3.23. The molecule has 2 aromatic carbocycles. The Hall–Kier alpha value is -2.00. The number of phenolic OH excluding ortho intramolecular Hbond substituents is 1. The van der Waals surface area contributed by atoms with Gasteiger partial charge in [0.1, 0.15) is 18.1 Å². The Kier molecular flexibility index (Phi) is 5.02. The lowest BCUT2D eigenvalue weighted by Gasteiger charge is -2.13.